The maximum absolute atomic E-state index is 10.1. The molecule has 0 amide bonds. The lowest BCUT2D eigenvalue weighted by atomic mass is 9.90. The summed E-state index contributed by atoms with van der Waals surface area (Å²) in [6, 6.07) is 9.74. The van der Waals surface area contributed by atoms with Crippen molar-refractivity contribution >= 4 is 0 Å². The van der Waals surface area contributed by atoms with Crippen LogP contribution >= 0.6 is 0 Å². The standard InChI is InChI=1S/C16H21N3O3/c20-7-6-12-13(10-21)16(22)8-15(12)19-9-14(17-18-19)11-4-2-1-3-5-11/h1-5,9,12-13,15-16,20-22H,6-8,10H2/t12-,13-,15-,16-/m1/s1. The number of aliphatic hydroxyl groups excluding tert-OH is 3. The molecule has 0 spiro atoms. The van der Waals surface area contributed by atoms with Gasteiger partial charge in [-0.1, -0.05) is 35.5 Å². The smallest absolute Gasteiger partial charge is 0.113 e. The fraction of sp³-hybridized carbons (Fsp3) is 0.500. The number of nitrogens with zero attached hydrogens (tertiary/aromatic N) is 3. The Labute approximate surface area is 129 Å². The van der Waals surface area contributed by atoms with E-state index in [-0.39, 0.29) is 31.1 Å². The monoisotopic (exact) mass is 303 g/mol. The molecule has 2 aromatic rings. The molecule has 1 saturated carbocycles. The third-order valence-corrected chi connectivity index (χ3v) is 4.61. The molecular formula is C16H21N3O3. The molecule has 6 heteroatoms. The van der Waals surface area contributed by atoms with Crippen molar-refractivity contribution in [2.75, 3.05) is 13.2 Å². The molecule has 6 nitrogen and oxygen atoms in total. The lowest BCUT2D eigenvalue weighted by Gasteiger charge is -2.23. The van der Waals surface area contributed by atoms with Crippen molar-refractivity contribution < 1.29 is 15.3 Å². The summed E-state index contributed by atoms with van der Waals surface area (Å²) < 4.78 is 1.77. The Kier molecular flexibility index (Phi) is 4.52. The summed E-state index contributed by atoms with van der Waals surface area (Å²) in [5.41, 5.74) is 1.77. The van der Waals surface area contributed by atoms with E-state index in [1.807, 2.05) is 36.5 Å². The van der Waals surface area contributed by atoms with Gasteiger partial charge >= 0.3 is 0 Å². The molecule has 0 aliphatic heterocycles. The van der Waals surface area contributed by atoms with E-state index in [9.17, 15) is 15.3 Å². The van der Waals surface area contributed by atoms with Gasteiger partial charge in [-0.25, -0.2) is 4.68 Å². The van der Waals surface area contributed by atoms with E-state index in [0.717, 1.165) is 11.3 Å². The van der Waals surface area contributed by atoms with Gasteiger partial charge in [0.15, 0.2) is 0 Å². The molecule has 4 atom stereocenters. The van der Waals surface area contributed by atoms with E-state index in [1.54, 1.807) is 4.68 Å². The highest BCUT2D eigenvalue weighted by molar-refractivity contribution is 5.57. The summed E-state index contributed by atoms with van der Waals surface area (Å²) in [6.07, 6.45) is 2.36. The molecule has 3 N–H and O–H groups in total. The van der Waals surface area contributed by atoms with Crippen LogP contribution in [0.1, 0.15) is 18.9 Å². The Balaban J connectivity index is 1.86. The van der Waals surface area contributed by atoms with Crippen LogP contribution in [0.4, 0.5) is 0 Å². The van der Waals surface area contributed by atoms with Gasteiger partial charge in [0.2, 0.25) is 0 Å². The first-order valence-corrected chi connectivity index (χ1v) is 7.61. The zero-order valence-electron chi connectivity index (χ0n) is 12.3. The third kappa shape index (κ3) is 2.77. The van der Waals surface area contributed by atoms with Crippen LogP contribution in [0.15, 0.2) is 36.5 Å². The van der Waals surface area contributed by atoms with E-state index in [4.69, 9.17) is 0 Å². The quantitative estimate of drug-likeness (QED) is 0.762. The van der Waals surface area contributed by atoms with Crippen LogP contribution in [-0.4, -0.2) is 49.6 Å². The molecule has 1 aromatic heterocycles. The van der Waals surface area contributed by atoms with Gasteiger partial charge in [-0.05, 0) is 18.8 Å². The van der Waals surface area contributed by atoms with Gasteiger partial charge in [0.05, 0.1) is 18.3 Å². The summed E-state index contributed by atoms with van der Waals surface area (Å²) in [5, 5.41) is 37.3. The van der Waals surface area contributed by atoms with Crippen LogP contribution in [0.2, 0.25) is 0 Å². The first-order chi connectivity index (χ1) is 10.7. The van der Waals surface area contributed by atoms with E-state index in [0.29, 0.717) is 12.8 Å². The lowest BCUT2D eigenvalue weighted by molar-refractivity contribution is 0.0646. The minimum Gasteiger partial charge on any atom is -0.396 e. The molecule has 0 unspecified atom stereocenters. The van der Waals surface area contributed by atoms with Crippen LogP contribution in [0.5, 0.6) is 0 Å². The fourth-order valence-electron chi connectivity index (χ4n) is 3.46. The largest absolute Gasteiger partial charge is 0.396 e. The molecule has 1 aliphatic rings. The van der Waals surface area contributed by atoms with Crippen LogP contribution in [-0.2, 0) is 0 Å². The predicted octanol–water partition coefficient (Wildman–Crippen LogP) is 0.858. The van der Waals surface area contributed by atoms with Gasteiger partial charge < -0.3 is 15.3 Å². The number of hydrogen-bond donors (Lipinski definition) is 3. The highest BCUT2D eigenvalue weighted by Crippen LogP contribution is 2.42. The molecule has 22 heavy (non-hydrogen) atoms. The van der Waals surface area contributed by atoms with E-state index < -0.39 is 6.10 Å². The van der Waals surface area contributed by atoms with Gasteiger partial charge in [-0.3, -0.25) is 0 Å². The van der Waals surface area contributed by atoms with Crippen molar-refractivity contribution in [3.63, 3.8) is 0 Å². The minimum absolute atomic E-state index is 0.00433. The average Bonchev–Trinajstić information content (AvgIpc) is 3.13. The first kappa shape index (κ1) is 15.1. The number of aromatic nitrogens is 3. The minimum atomic E-state index is -0.573. The summed E-state index contributed by atoms with van der Waals surface area (Å²) in [6.45, 7) is -0.0484. The molecule has 1 fully saturated rings. The maximum atomic E-state index is 10.1. The second-order valence-electron chi connectivity index (χ2n) is 5.84. The number of aliphatic hydroxyl groups is 3. The highest BCUT2D eigenvalue weighted by atomic mass is 16.3. The van der Waals surface area contributed by atoms with E-state index in [2.05, 4.69) is 10.3 Å². The summed E-state index contributed by atoms with van der Waals surface area (Å²) >= 11 is 0. The summed E-state index contributed by atoms with van der Waals surface area (Å²) in [4.78, 5) is 0. The van der Waals surface area contributed by atoms with Gasteiger partial charge in [-0.15, -0.1) is 5.10 Å². The normalized spacial score (nSPS) is 28.1. The molecular weight excluding hydrogens is 282 g/mol. The summed E-state index contributed by atoms with van der Waals surface area (Å²) in [5.74, 6) is -0.225. The Morgan fingerprint density at radius 2 is 1.91 bits per heavy atom. The Morgan fingerprint density at radius 3 is 2.59 bits per heavy atom. The van der Waals surface area contributed by atoms with E-state index >= 15 is 0 Å². The molecule has 1 aliphatic carbocycles. The molecule has 0 radical (unpaired) electrons. The average molecular weight is 303 g/mol. The molecule has 118 valence electrons. The predicted molar refractivity (Wildman–Crippen MR) is 80.9 cm³/mol. The van der Waals surface area contributed by atoms with Crippen LogP contribution in [0, 0.1) is 11.8 Å². The number of benzene rings is 1. The van der Waals surface area contributed by atoms with Gasteiger partial charge in [0, 0.05) is 24.7 Å². The highest BCUT2D eigenvalue weighted by Gasteiger charge is 2.43. The number of hydrogen-bond acceptors (Lipinski definition) is 5. The maximum Gasteiger partial charge on any atom is 0.113 e. The SMILES string of the molecule is OCC[C@@H]1[C@@H](CO)[C@H](O)C[C@H]1n1cc(-c2ccccc2)nn1. The molecule has 0 bridgehead atoms. The molecule has 1 heterocycles. The van der Waals surface area contributed by atoms with Gasteiger partial charge in [0.25, 0.3) is 0 Å². The second-order valence-corrected chi connectivity index (χ2v) is 5.84. The van der Waals surface area contributed by atoms with Crippen molar-refractivity contribution in [2.45, 2.75) is 25.0 Å². The Morgan fingerprint density at radius 1 is 1.14 bits per heavy atom. The molecule has 1 aromatic carbocycles. The Bertz CT molecular complexity index is 602. The lowest BCUT2D eigenvalue weighted by Crippen LogP contribution is -2.25. The molecule has 0 saturated heterocycles. The fourth-order valence-corrected chi connectivity index (χ4v) is 3.46. The number of rotatable bonds is 5. The molecule has 3 rings (SSSR count). The summed E-state index contributed by atoms with van der Waals surface area (Å²) in [7, 11) is 0. The van der Waals surface area contributed by atoms with Crippen molar-refractivity contribution in [3.8, 4) is 11.3 Å². The van der Waals surface area contributed by atoms with Gasteiger partial charge in [0.1, 0.15) is 5.69 Å². The van der Waals surface area contributed by atoms with Crippen molar-refractivity contribution in [2.24, 2.45) is 11.8 Å². The van der Waals surface area contributed by atoms with Crippen LogP contribution < -0.4 is 0 Å². The third-order valence-electron chi connectivity index (χ3n) is 4.61. The first-order valence-electron chi connectivity index (χ1n) is 7.61. The van der Waals surface area contributed by atoms with Crippen LogP contribution in [0.25, 0.3) is 11.3 Å². The zero-order valence-corrected chi connectivity index (χ0v) is 12.3. The topological polar surface area (TPSA) is 91.4 Å². The van der Waals surface area contributed by atoms with E-state index in [1.165, 1.54) is 0 Å². The van der Waals surface area contributed by atoms with Crippen LogP contribution in [0.3, 0.4) is 0 Å². The van der Waals surface area contributed by atoms with Crippen molar-refractivity contribution in [3.05, 3.63) is 36.5 Å². The van der Waals surface area contributed by atoms with Crippen molar-refractivity contribution in [1.29, 1.82) is 0 Å². The van der Waals surface area contributed by atoms with Crippen molar-refractivity contribution in [1.82, 2.24) is 15.0 Å². The zero-order chi connectivity index (χ0) is 15.5. The second kappa shape index (κ2) is 6.56. The van der Waals surface area contributed by atoms with Gasteiger partial charge in [-0.2, -0.15) is 0 Å². The Hall–Kier alpha value is -1.76.